The second-order valence-electron chi connectivity index (χ2n) is 3.76. The first-order chi connectivity index (χ1) is 8.56. The van der Waals surface area contributed by atoms with Crippen LogP contribution >= 0.6 is 23.2 Å². The van der Waals surface area contributed by atoms with Gasteiger partial charge in [-0.15, -0.1) is 0 Å². The van der Waals surface area contributed by atoms with Crippen LogP contribution in [-0.2, 0) is 0 Å². The molecule has 1 aromatic carbocycles. The number of aromatic nitrogens is 1. The summed E-state index contributed by atoms with van der Waals surface area (Å²) < 4.78 is 0. The van der Waals surface area contributed by atoms with Crippen molar-refractivity contribution < 1.29 is 4.79 Å². The lowest BCUT2D eigenvalue weighted by Gasteiger charge is -2.07. The molecule has 0 aliphatic carbocycles. The topological polar surface area (TPSA) is 42.0 Å². The molecule has 2 rings (SSSR count). The van der Waals surface area contributed by atoms with Gasteiger partial charge in [-0.2, -0.15) is 0 Å². The van der Waals surface area contributed by atoms with Crippen molar-refractivity contribution in [3.05, 3.63) is 57.7 Å². The highest BCUT2D eigenvalue weighted by atomic mass is 35.5. The summed E-state index contributed by atoms with van der Waals surface area (Å²) >= 11 is 11.6. The molecule has 5 heteroatoms. The van der Waals surface area contributed by atoms with Gasteiger partial charge < -0.3 is 5.32 Å². The van der Waals surface area contributed by atoms with Crippen molar-refractivity contribution in [1.29, 1.82) is 0 Å². The van der Waals surface area contributed by atoms with Crippen molar-refractivity contribution in [2.75, 3.05) is 5.32 Å². The highest BCUT2D eigenvalue weighted by Gasteiger charge is 2.10. The number of nitrogens with zero attached hydrogens (tertiary/aromatic N) is 1. The van der Waals surface area contributed by atoms with Gasteiger partial charge in [-0.1, -0.05) is 29.3 Å². The molecule has 0 unspecified atom stereocenters. The number of benzene rings is 1. The van der Waals surface area contributed by atoms with Gasteiger partial charge >= 0.3 is 0 Å². The van der Waals surface area contributed by atoms with Crippen LogP contribution in [0.2, 0.25) is 10.2 Å². The van der Waals surface area contributed by atoms with Crippen LogP contribution in [0.3, 0.4) is 0 Å². The molecular formula is C13H10Cl2N2O. The van der Waals surface area contributed by atoms with Crippen molar-refractivity contribution in [3.63, 3.8) is 0 Å². The standard InChI is InChI=1S/C13H10Cl2N2O/c1-8-7-9(14)5-6-10(8)13(18)17-12-4-2-3-11(15)16-12/h2-7H,1H3,(H,16,17,18). The maximum absolute atomic E-state index is 12.0. The van der Waals surface area contributed by atoms with Crippen LogP contribution in [0.5, 0.6) is 0 Å². The number of anilines is 1. The van der Waals surface area contributed by atoms with Crippen LogP contribution in [0.25, 0.3) is 0 Å². The smallest absolute Gasteiger partial charge is 0.257 e. The number of carbonyl (C=O) groups is 1. The van der Waals surface area contributed by atoms with Crippen molar-refractivity contribution in [1.82, 2.24) is 4.98 Å². The highest BCUT2D eigenvalue weighted by Crippen LogP contribution is 2.17. The Labute approximate surface area is 115 Å². The van der Waals surface area contributed by atoms with Crippen molar-refractivity contribution in [3.8, 4) is 0 Å². The van der Waals surface area contributed by atoms with Gasteiger partial charge in [0, 0.05) is 10.6 Å². The molecule has 0 fully saturated rings. The first-order valence-corrected chi connectivity index (χ1v) is 6.02. The van der Waals surface area contributed by atoms with E-state index in [-0.39, 0.29) is 5.91 Å². The summed E-state index contributed by atoms with van der Waals surface area (Å²) in [6.07, 6.45) is 0. The van der Waals surface area contributed by atoms with E-state index in [1.54, 1.807) is 36.4 Å². The van der Waals surface area contributed by atoms with E-state index in [4.69, 9.17) is 23.2 Å². The Hall–Kier alpha value is -1.58. The summed E-state index contributed by atoms with van der Waals surface area (Å²) in [6, 6.07) is 10.1. The third-order valence-electron chi connectivity index (χ3n) is 2.39. The van der Waals surface area contributed by atoms with Crippen molar-refractivity contribution in [2.24, 2.45) is 0 Å². The third-order valence-corrected chi connectivity index (χ3v) is 2.84. The number of hydrogen-bond donors (Lipinski definition) is 1. The van der Waals surface area contributed by atoms with Gasteiger partial charge in [0.1, 0.15) is 11.0 Å². The monoisotopic (exact) mass is 280 g/mol. The Morgan fingerprint density at radius 3 is 2.67 bits per heavy atom. The van der Waals surface area contributed by atoms with Crippen LogP contribution < -0.4 is 5.32 Å². The van der Waals surface area contributed by atoms with Gasteiger partial charge in [-0.05, 0) is 42.8 Å². The summed E-state index contributed by atoms with van der Waals surface area (Å²) in [5.41, 5.74) is 1.36. The SMILES string of the molecule is Cc1cc(Cl)ccc1C(=O)Nc1cccc(Cl)n1. The average molecular weight is 281 g/mol. The lowest BCUT2D eigenvalue weighted by Crippen LogP contribution is -2.14. The van der Waals surface area contributed by atoms with Gasteiger partial charge in [-0.25, -0.2) is 4.98 Å². The summed E-state index contributed by atoms with van der Waals surface area (Å²) in [4.78, 5) is 16.0. The molecule has 0 saturated heterocycles. The summed E-state index contributed by atoms with van der Waals surface area (Å²) in [5.74, 6) is 0.181. The highest BCUT2D eigenvalue weighted by molar-refractivity contribution is 6.30. The van der Waals surface area contributed by atoms with E-state index in [9.17, 15) is 4.79 Å². The first-order valence-electron chi connectivity index (χ1n) is 5.26. The van der Waals surface area contributed by atoms with E-state index in [0.717, 1.165) is 5.56 Å². The lowest BCUT2D eigenvalue weighted by atomic mass is 10.1. The molecule has 3 nitrogen and oxygen atoms in total. The molecule has 0 aliphatic heterocycles. The van der Waals surface area contributed by atoms with Crippen LogP contribution in [0.1, 0.15) is 15.9 Å². The van der Waals surface area contributed by atoms with Crippen molar-refractivity contribution in [2.45, 2.75) is 6.92 Å². The van der Waals surface area contributed by atoms with Gasteiger partial charge in [0.2, 0.25) is 0 Å². The number of halogens is 2. The Kier molecular flexibility index (Phi) is 3.84. The van der Waals surface area contributed by atoms with Gasteiger partial charge in [-0.3, -0.25) is 4.79 Å². The molecule has 0 radical (unpaired) electrons. The predicted molar refractivity (Wildman–Crippen MR) is 73.4 cm³/mol. The molecule has 2 aromatic rings. The number of hydrogen-bond acceptors (Lipinski definition) is 2. The maximum Gasteiger partial charge on any atom is 0.257 e. The molecule has 1 aromatic heterocycles. The first kappa shape index (κ1) is 12.9. The lowest BCUT2D eigenvalue weighted by molar-refractivity contribution is 0.102. The van der Waals surface area contributed by atoms with Gasteiger partial charge in [0.25, 0.3) is 5.91 Å². The second-order valence-corrected chi connectivity index (χ2v) is 4.58. The zero-order chi connectivity index (χ0) is 13.1. The van der Waals surface area contributed by atoms with Gasteiger partial charge in [0.05, 0.1) is 0 Å². The Morgan fingerprint density at radius 1 is 1.22 bits per heavy atom. The molecule has 1 N–H and O–H groups in total. The fourth-order valence-electron chi connectivity index (χ4n) is 1.54. The Morgan fingerprint density at radius 2 is 2.00 bits per heavy atom. The minimum Gasteiger partial charge on any atom is -0.307 e. The minimum atomic E-state index is -0.237. The second kappa shape index (κ2) is 5.38. The molecular weight excluding hydrogens is 271 g/mol. The molecule has 0 saturated carbocycles. The fraction of sp³-hybridized carbons (Fsp3) is 0.0769. The zero-order valence-electron chi connectivity index (χ0n) is 9.58. The Bertz CT molecular complexity index is 599. The molecule has 18 heavy (non-hydrogen) atoms. The molecule has 1 amide bonds. The largest absolute Gasteiger partial charge is 0.307 e. The molecule has 0 spiro atoms. The number of carbonyl (C=O) groups excluding carboxylic acids is 1. The number of amides is 1. The number of pyridine rings is 1. The predicted octanol–water partition coefficient (Wildman–Crippen LogP) is 3.95. The van der Waals surface area contributed by atoms with E-state index in [1.807, 2.05) is 6.92 Å². The molecule has 0 bridgehead atoms. The minimum absolute atomic E-state index is 0.237. The van der Waals surface area contributed by atoms with Gasteiger partial charge in [0.15, 0.2) is 0 Å². The molecule has 92 valence electrons. The summed E-state index contributed by atoms with van der Waals surface area (Å²) in [5, 5.41) is 3.62. The number of nitrogens with one attached hydrogen (secondary N) is 1. The number of aryl methyl sites for hydroxylation is 1. The number of rotatable bonds is 2. The average Bonchev–Trinajstić information content (AvgIpc) is 2.28. The Balaban J connectivity index is 2.22. The van der Waals surface area contributed by atoms with Crippen molar-refractivity contribution >= 4 is 34.9 Å². The molecule has 1 heterocycles. The van der Waals surface area contributed by atoms with Crippen LogP contribution in [-0.4, -0.2) is 10.9 Å². The van der Waals surface area contributed by atoms with Crippen LogP contribution in [0.15, 0.2) is 36.4 Å². The summed E-state index contributed by atoms with van der Waals surface area (Å²) in [7, 11) is 0. The van der Waals surface area contributed by atoms with E-state index < -0.39 is 0 Å². The van der Waals surface area contributed by atoms with E-state index >= 15 is 0 Å². The normalized spacial score (nSPS) is 10.2. The maximum atomic E-state index is 12.0. The van der Waals surface area contributed by atoms with E-state index in [2.05, 4.69) is 10.3 Å². The van der Waals surface area contributed by atoms with E-state index in [1.165, 1.54) is 0 Å². The molecule has 0 aliphatic rings. The van der Waals surface area contributed by atoms with Crippen LogP contribution in [0, 0.1) is 6.92 Å². The fourth-order valence-corrected chi connectivity index (χ4v) is 1.93. The summed E-state index contributed by atoms with van der Waals surface area (Å²) in [6.45, 7) is 1.83. The van der Waals surface area contributed by atoms with E-state index in [0.29, 0.717) is 21.6 Å². The third kappa shape index (κ3) is 3.00. The van der Waals surface area contributed by atoms with Crippen LogP contribution in [0.4, 0.5) is 5.82 Å². The quantitative estimate of drug-likeness (QED) is 0.847. The molecule has 0 atom stereocenters. The zero-order valence-corrected chi connectivity index (χ0v) is 11.1.